The molecule has 3 rings (SSSR count). The van der Waals surface area contributed by atoms with Gasteiger partial charge in [-0.2, -0.15) is 0 Å². The maximum atomic E-state index is 10.8. The summed E-state index contributed by atoms with van der Waals surface area (Å²) >= 11 is 0. The number of rotatable bonds is 2. The Bertz CT molecular complexity index is 589. The number of carbonyl (C=O) groups is 1. The Labute approximate surface area is 98.6 Å². The highest BCUT2D eigenvalue weighted by molar-refractivity contribution is 5.85. The zero-order chi connectivity index (χ0) is 11.8. The van der Waals surface area contributed by atoms with E-state index in [0.717, 1.165) is 22.1 Å². The molecule has 0 spiro atoms. The highest BCUT2D eigenvalue weighted by Crippen LogP contribution is 2.38. The van der Waals surface area contributed by atoms with Crippen molar-refractivity contribution in [3.8, 4) is 5.75 Å². The third kappa shape index (κ3) is 1.73. The Kier molecular flexibility index (Phi) is 2.25. The zero-order valence-corrected chi connectivity index (χ0v) is 9.22. The lowest BCUT2D eigenvalue weighted by Gasteiger charge is -2.06. The smallest absolute Gasteiger partial charge is 0.304 e. The summed E-state index contributed by atoms with van der Waals surface area (Å²) < 4.78 is 5.56. The molecular weight excluding hydrogens is 216 g/mol. The Balaban J connectivity index is 2.08. The largest absolute Gasteiger partial charge is 0.493 e. The van der Waals surface area contributed by atoms with Crippen LogP contribution in [-0.4, -0.2) is 17.7 Å². The Morgan fingerprint density at radius 1 is 1.29 bits per heavy atom. The van der Waals surface area contributed by atoms with E-state index in [1.165, 1.54) is 0 Å². The lowest BCUT2D eigenvalue weighted by molar-refractivity contribution is -0.137. The van der Waals surface area contributed by atoms with Gasteiger partial charge in [0.25, 0.3) is 0 Å². The van der Waals surface area contributed by atoms with Crippen LogP contribution in [0.15, 0.2) is 36.4 Å². The normalized spacial score (nSPS) is 17.8. The van der Waals surface area contributed by atoms with Crippen molar-refractivity contribution >= 4 is 16.7 Å². The van der Waals surface area contributed by atoms with Crippen molar-refractivity contribution in [3.63, 3.8) is 0 Å². The summed E-state index contributed by atoms with van der Waals surface area (Å²) in [6.07, 6.45) is 0.130. The molecule has 0 aliphatic carbocycles. The van der Waals surface area contributed by atoms with Crippen LogP contribution in [-0.2, 0) is 4.79 Å². The van der Waals surface area contributed by atoms with Crippen LogP contribution in [0.2, 0.25) is 0 Å². The number of fused-ring (bicyclic) bond motifs is 2. The van der Waals surface area contributed by atoms with Gasteiger partial charge < -0.3 is 9.84 Å². The molecule has 1 aliphatic rings. The summed E-state index contributed by atoms with van der Waals surface area (Å²) in [6.45, 7) is 0.470. The number of ether oxygens (including phenoxy) is 1. The highest BCUT2D eigenvalue weighted by atomic mass is 16.5. The van der Waals surface area contributed by atoms with E-state index in [0.29, 0.717) is 6.61 Å². The van der Waals surface area contributed by atoms with E-state index in [9.17, 15) is 4.79 Å². The monoisotopic (exact) mass is 228 g/mol. The molecule has 2 aromatic carbocycles. The number of hydrogen-bond donors (Lipinski definition) is 1. The Morgan fingerprint density at radius 3 is 2.71 bits per heavy atom. The molecule has 1 unspecified atom stereocenters. The van der Waals surface area contributed by atoms with Gasteiger partial charge in [-0.1, -0.05) is 24.3 Å². The number of hydrogen-bond acceptors (Lipinski definition) is 2. The standard InChI is InChI=1S/C14H12O3/c15-14(16)7-11-8-17-13-6-10-4-2-1-3-9(10)5-12(11)13/h1-6,11H,7-8H2,(H,15,16). The summed E-state index contributed by atoms with van der Waals surface area (Å²) in [7, 11) is 0. The van der Waals surface area contributed by atoms with Gasteiger partial charge in [0, 0.05) is 11.5 Å². The van der Waals surface area contributed by atoms with E-state index in [4.69, 9.17) is 9.84 Å². The third-order valence-corrected chi connectivity index (χ3v) is 3.18. The molecule has 1 atom stereocenters. The van der Waals surface area contributed by atoms with Gasteiger partial charge in [-0.25, -0.2) is 0 Å². The summed E-state index contributed by atoms with van der Waals surface area (Å²) in [5, 5.41) is 11.1. The van der Waals surface area contributed by atoms with Crippen LogP contribution in [0.4, 0.5) is 0 Å². The summed E-state index contributed by atoms with van der Waals surface area (Å²) in [5.74, 6) is 0.0293. The van der Waals surface area contributed by atoms with E-state index < -0.39 is 5.97 Å². The van der Waals surface area contributed by atoms with Crippen LogP contribution >= 0.6 is 0 Å². The number of carboxylic acids is 1. The van der Waals surface area contributed by atoms with Crippen LogP contribution in [0.3, 0.4) is 0 Å². The van der Waals surface area contributed by atoms with Gasteiger partial charge in [0.15, 0.2) is 0 Å². The fourth-order valence-electron chi connectivity index (χ4n) is 2.34. The van der Waals surface area contributed by atoms with E-state index in [2.05, 4.69) is 0 Å². The second-order valence-corrected chi connectivity index (χ2v) is 4.34. The molecule has 0 amide bonds. The maximum Gasteiger partial charge on any atom is 0.304 e. The van der Waals surface area contributed by atoms with Gasteiger partial charge in [0.1, 0.15) is 5.75 Å². The second-order valence-electron chi connectivity index (χ2n) is 4.34. The molecular formula is C14H12O3. The quantitative estimate of drug-likeness (QED) is 0.859. The summed E-state index contributed by atoms with van der Waals surface area (Å²) in [6, 6.07) is 12.1. The molecule has 86 valence electrons. The molecule has 3 heteroatoms. The zero-order valence-electron chi connectivity index (χ0n) is 9.22. The minimum Gasteiger partial charge on any atom is -0.493 e. The fourth-order valence-corrected chi connectivity index (χ4v) is 2.34. The van der Waals surface area contributed by atoms with Gasteiger partial charge in [-0.05, 0) is 22.9 Å². The first-order chi connectivity index (χ1) is 8.24. The van der Waals surface area contributed by atoms with Crippen molar-refractivity contribution in [1.29, 1.82) is 0 Å². The van der Waals surface area contributed by atoms with E-state index in [1.807, 2.05) is 36.4 Å². The molecule has 0 saturated heterocycles. The van der Waals surface area contributed by atoms with Crippen molar-refractivity contribution in [1.82, 2.24) is 0 Å². The van der Waals surface area contributed by atoms with Gasteiger partial charge in [-0.15, -0.1) is 0 Å². The molecule has 1 heterocycles. The third-order valence-electron chi connectivity index (χ3n) is 3.18. The van der Waals surface area contributed by atoms with Crippen LogP contribution in [0.1, 0.15) is 17.9 Å². The number of benzene rings is 2. The number of aliphatic carboxylic acids is 1. The molecule has 0 fully saturated rings. The van der Waals surface area contributed by atoms with Gasteiger partial charge >= 0.3 is 5.97 Å². The Hall–Kier alpha value is -2.03. The van der Waals surface area contributed by atoms with Crippen LogP contribution < -0.4 is 4.74 Å². The van der Waals surface area contributed by atoms with Gasteiger partial charge in [-0.3, -0.25) is 4.79 Å². The topological polar surface area (TPSA) is 46.5 Å². The van der Waals surface area contributed by atoms with Crippen molar-refractivity contribution in [2.75, 3.05) is 6.61 Å². The number of carboxylic acid groups (broad SMARTS) is 1. The first kappa shape index (κ1) is 10.1. The molecule has 3 nitrogen and oxygen atoms in total. The van der Waals surface area contributed by atoms with E-state index >= 15 is 0 Å². The predicted octanol–water partition coefficient (Wildman–Crippen LogP) is 2.79. The van der Waals surface area contributed by atoms with Crippen molar-refractivity contribution in [2.45, 2.75) is 12.3 Å². The minimum atomic E-state index is -0.778. The van der Waals surface area contributed by atoms with Crippen LogP contribution in [0.5, 0.6) is 5.75 Å². The molecule has 0 bridgehead atoms. The molecule has 1 aliphatic heterocycles. The van der Waals surface area contributed by atoms with Crippen molar-refractivity contribution < 1.29 is 14.6 Å². The predicted molar refractivity (Wildman–Crippen MR) is 64.4 cm³/mol. The van der Waals surface area contributed by atoms with Crippen molar-refractivity contribution in [3.05, 3.63) is 42.0 Å². The summed E-state index contributed by atoms with van der Waals surface area (Å²) in [5.41, 5.74) is 1.02. The lowest BCUT2D eigenvalue weighted by Crippen LogP contribution is -2.07. The highest BCUT2D eigenvalue weighted by Gasteiger charge is 2.26. The first-order valence-corrected chi connectivity index (χ1v) is 5.61. The molecule has 0 aromatic heterocycles. The minimum absolute atomic E-state index is 0.0212. The van der Waals surface area contributed by atoms with Crippen LogP contribution in [0.25, 0.3) is 10.8 Å². The molecule has 1 N–H and O–H groups in total. The Morgan fingerprint density at radius 2 is 2.00 bits per heavy atom. The average molecular weight is 228 g/mol. The molecule has 2 aromatic rings. The lowest BCUT2D eigenvalue weighted by atomic mass is 9.95. The van der Waals surface area contributed by atoms with Crippen LogP contribution in [0, 0.1) is 0 Å². The van der Waals surface area contributed by atoms with E-state index in [1.54, 1.807) is 0 Å². The molecule has 0 radical (unpaired) electrons. The first-order valence-electron chi connectivity index (χ1n) is 5.61. The van der Waals surface area contributed by atoms with Gasteiger partial charge in [0.05, 0.1) is 13.0 Å². The fraction of sp³-hybridized carbons (Fsp3) is 0.214. The molecule has 17 heavy (non-hydrogen) atoms. The average Bonchev–Trinajstić information content (AvgIpc) is 2.68. The molecule has 0 saturated carbocycles. The SMILES string of the molecule is O=C(O)CC1COc2cc3ccccc3cc21. The van der Waals surface area contributed by atoms with E-state index in [-0.39, 0.29) is 12.3 Å². The van der Waals surface area contributed by atoms with Gasteiger partial charge in [0.2, 0.25) is 0 Å². The maximum absolute atomic E-state index is 10.8. The van der Waals surface area contributed by atoms with Crippen molar-refractivity contribution in [2.24, 2.45) is 0 Å². The second kappa shape index (κ2) is 3.77. The summed E-state index contributed by atoms with van der Waals surface area (Å²) in [4.78, 5) is 10.8.